The molecule has 0 spiro atoms. The van der Waals surface area contributed by atoms with Crippen molar-refractivity contribution in [2.75, 3.05) is 39.4 Å². The molecule has 4 heteroatoms. The van der Waals surface area contributed by atoms with Gasteiger partial charge in [0.2, 0.25) is 0 Å². The van der Waals surface area contributed by atoms with Crippen LogP contribution in [0.25, 0.3) is 16.3 Å². The standard InChI is InChI=1S/C32H38N2O2/c35-32(34-16-18-36-19-17-34)33-14-12-22(13-15-33)24-8-10-26-25(20-24)9-11-29-27-6-1-2-7-28(27)30(21-31(26)29)23-4-3-5-23/h1,6,8-11,20,22-23,30H,2-5,7,12-19,21H2. The number of benzene rings is 2. The first-order valence-electron chi connectivity index (χ1n) is 14.3. The Bertz CT molecular complexity index is 1230. The average molecular weight is 483 g/mol. The molecular formula is C32H38N2O2. The fourth-order valence-corrected chi connectivity index (χ4v) is 7.46. The van der Waals surface area contributed by atoms with E-state index in [1.165, 1.54) is 60.4 Å². The van der Waals surface area contributed by atoms with Crippen molar-refractivity contribution in [3.8, 4) is 0 Å². The van der Waals surface area contributed by atoms with Gasteiger partial charge in [-0.2, -0.15) is 0 Å². The number of likely N-dealkylation sites (tertiary alicyclic amines) is 1. The van der Waals surface area contributed by atoms with Gasteiger partial charge < -0.3 is 14.5 Å². The van der Waals surface area contributed by atoms with E-state index >= 15 is 0 Å². The maximum atomic E-state index is 12.9. The number of allylic oxidation sites excluding steroid dienone is 4. The molecule has 7 rings (SSSR count). The number of hydrogen-bond donors (Lipinski definition) is 0. The van der Waals surface area contributed by atoms with Crippen molar-refractivity contribution < 1.29 is 9.53 Å². The molecule has 2 saturated heterocycles. The predicted octanol–water partition coefficient (Wildman–Crippen LogP) is 6.55. The highest BCUT2D eigenvalue weighted by atomic mass is 16.5. The third kappa shape index (κ3) is 3.89. The van der Waals surface area contributed by atoms with Crippen molar-refractivity contribution in [1.82, 2.24) is 9.80 Å². The van der Waals surface area contributed by atoms with E-state index in [1.807, 2.05) is 4.90 Å². The Balaban J connectivity index is 1.12. The molecule has 4 nitrogen and oxygen atoms in total. The van der Waals surface area contributed by atoms with Gasteiger partial charge in [-0.25, -0.2) is 4.79 Å². The van der Waals surface area contributed by atoms with Gasteiger partial charge in [0.15, 0.2) is 0 Å². The minimum absolute atomic E-state index is 0.202. The van der Waals surface area contributed by atoms with E-state index in [0.29, 0.717) is 19.1 Å². The van der Waals surface area contributed by atoms with Crippen molar-refractivity contribution in [3.05, 3.63) is 64.7 Å². The number of amides is 2. The highest BCUT2D eigenvalue weighted by Crippen LogP contribution is 2.49. The molecule has 1 atom stereocenters. The van der Waals surface area contributed by atoms with E-state index in [9.17, 15) is 4.79 Å². The van der Waals surface area contributed by atoms with Gasteiger partial charge in [-0.15, -0.1) is 0 Å². The number of nitrogens with zero attached hydrogens (tertiary/aromatic N) is 2. The van der Waals surface area contributed by atoms with Crippen molar-refractivity contribution in [1.29, 1.82) is 0 Å². The summed E-state index contributed by atoms with van der Waals surface area (Å²) < 4.78 is 5.42. The van der Waals surface area contributed by atoms with Gasteiger partial charge in [0.1, 0.15) is 0 Å². The molecular weight excluding hydrogens is 444 g/mol. The lowest BCUT2D eigenvalue weighted by atomic mass is 9.64. The molecule has 0 aromatic heterocycles. The summed E-state index contributed by atoms with van der Waals surface area (Å²) in [5.74, 6) is 2.19. The van der Waals surface area contributed by atoms with Gasteiger partial charge in [0, 0.05) is 26.2 Å². The number of piperidine rings is 1. The third-order valence-electron chi connectivity index (χ3n) is 9.77. The summed E-state index contributed by atoms with van der Waals surface area (Å²) in [4.78, 5) is 16.9. The lowest BCUT2D eigenvalue weighted by Gasteiger charge is -2.41. The molecule has 0 radical (unpaired) electrons. The van der Waals surface area contributed by atoms with Crippen LogP contribution in [0, 0.1) is 11.8 Å². The number of carbonyl (C=O) groups is 1. The van der Waals surface area contributed by atoms with Gasteiger partial charge in [-0.05, 0) is 95.7 Å². The highest BCUT2D eigenvalue weighted by Gasteiger charge is 2.36. The Morgan fingerprint density at radius 2 is 1.72 bits per heavy atom. The average Bonchev–Trinajstić information content (AvgIpc) is 2.92. The molecule has 188 valence electrons. The van der Waals surface area contributed by atoms with Crippen LogP contribution < -0.4 is 0 Å². The Morgan fingerprint density at radius 3 is 2.50 bits per heavy atom. The summed E-state index contributed by atoms with van der Waals surface area (Å²) >= 11 is 0. The van der Waals surface area contributed by atoms with Gasteiger partial charge in [0.25, 0.3) is 0 Å². The molecule has 3 fully saturated rings. The van der Waals surface area contributed by atoms with Gasteiger partial charge in [-0.3, -0.25) is 0 Å². The van der Waals surface area contributed by atoms with Gasteiger partial charge in [-0.1, -0.05) is 54.5 Å². The van der Waals surface area contributed by atoms with Crippen LogP contribution in [0.15, 0.2) is 48.1 Å². The van der Waals surface area contributed by atoms with E-state index in [4.69, 9.17) is 4.74 Å². The zero-order valence-corrected chi connectivity index (χ0v) is 21.4. The molecule has 2 aliphatic heterocycles. The van der Waals surface area contributed by atoms with E-state index in [1.54, 1.807) is 16.7 Å². The molecule has 2 amide bonds. The van der Waals surface area contributed by atoms with E-state index < -0.39 is 0 Å². The van der Waals surface area contributed by atoms with Crippen LogP contribution in [-0.2, 0) is 11.2 Å². The van der Waals surface area contributed by atoms with Crippen molar-refractivity contribution >= 4 is 22.4 Å². The number of morpholine rings is 1. The number of hydrogen-bond acceptors (Lipinski definition) is 2. The zero-order valence-electron chi connectivity index (χ0n) is 21.4. The lowest BCUT2D eigenvalue weighted by molar-refractivity contribution is 0.0411. The van der Waals surface area contributed by atoms with Crippen molar-refractivity contribution in [3.63, 3.8) is 0 Å². The van der Waals surface area contributed by atoms with Crippen molar-refractivity contribution in [2.24, 2.45) is 11.8 Å². The summed E-state index contributed by atoms with van der Waals surface area (Å²) in [5.41, 5.74) is 7.83. The Hall–Kier alpha value is -2.59. The van der Waals surface area contributed by atoms with Crippen molar-refractivity contribution in [2.45, 2.75) is 57.3 Å². The zero-order chi connectivity index (χ0) is 24.1. The largest absolute Gasteiger partial charge is 0.378 e. The quantitative estimate of drug-likeness (QED) is 0.486. The minimum atomic E-state index is 0.202. The maximum Gasteiger partial charge on any atom is 0.320 e. The predicted molar refractivity (Wildman–Crippen MR) is 145 cm³/mol. The monoisotopic (exact) mass is 482 g/mol. The number of carbonyl (C=O) groups excluding carboxylic acids is 1. The highest BCUT2D eigenvalue weighted by molar-refractivity contribution is 5.94. The maximum absolute atomic E-state index is 12.9. The van der Waals surface area contributed by atoms with Gasteiger partial charge in [0.05, 0.1) is 13.2 Å². The van der Waals surface area contributed by atoms with Crippen LogP contribution in [0.2, 0.25) is 0 Å². The number of fused-ring (bicyclic) bond motifs is 4. The van der Waals surface area contributed by atoms with Crippen LogP contribution in [0.3, 0.4) is 0 Å². The lowest BCUT2D eigenvalue weighted by Crippen LogP contribution is -2.50. The SMILES string of the molecule is O=C(N1CCOCC1)N1CCC(c2ccc3c4c(ccc3c2)C2=C(CCC=C2)C(C2CCC2)C4)CC1. The summed E-state index contributed by atoms with van der Waals surface area (Å²) in [5, 5.41) is 2.86. The second kappa shape index (κ2) is 9.37. The van der Waals surface area contributed by atoms with Crippen LogP contribution in [0.1, 0.15) is 67.6 Å². The second-order valence-electron chi connectivity index (χ2n) is 11.6. The van der Waals surface area contributed by atoms with E-state index in [2.05, 4.69) is 47.4 Å². The molecule has 36 heavy (non-hydrogen) atoms. The third-order valence-corrected chi connectivity index (χ3v) is 9.77. The summed E-state index contributed by atoms with van der Waals surface area (Å²) in [6, 6.07) is 12.3. The van der Waals surface area contributed by atoms with E-state index in [-0.39, 0.29) is 6.03 Å². The first kappa shape index (κ1) is 22.6. The smallest absolute Gasteiger partial charge is 0.320 e. The number of ether oxygens (including phenoxy) is 1. The van der Waals surface area contributed by atoms with Gasteiger partial charge >= 0.3 is 6.03 Å². The van der Waals surface area contributed by atoms with E-state index in [0.717, 1.165) is 50.9 Å². The first-order valence-corrected chi connectivity index (χ1v) is 14.3. The Labute approximate surface area is 215 Å². The molecule has 3 aliphatic carbocycles. The fraction of sp³-hybridized carbons (Fsp3) is 0.531. The van der Waals surface area contributed by atoms with Crippen LogP contribution in [-0.4, -0.2) is 55.2 Å². The molecule has 2 aromatic rings. The molecule has 2 aromatic carbocycles. The second-order valence-corrected chi connectivity index (χ2v) is 11.6. The molecule has 1 unspecified atom stereocenters. The molecule has 2 heterocycles. The fourth-order valence-electron chi connectivity index (χ4n) is 7.46. The summed E-state index contributed by atoms with van der Waals surface area (Å²) in [7, 11) is 0. The first-order chi connectivity index (χ1) is 17.8. The number of urea groups is 1. The summed E-state index contributed by atoms with van der Waals surface area (Å²) in [6.07, 6.45) is 14.9. The molecule has 0 bridgehead atoms. The van der Waals surface area contributed by atoms with Crippen LogP contribution >= 0.6 is 0 Å². The minimum Gasteiger partial charge on any atom is -0.378 e. The Morgan fingerprint density at radius 1 is 0.917 bits per heavy atom. The molecule has 5 aliphatic rings. The molecule has 1 saturated carbocycles. The number of rotatable bonds is 2. The van der Waals surface area contributed by atoms with Crippen LogP contribution in [0.4, 0.5) is 4.79 Å². The molecule has 0 N–H and O–H groups in total. The topological polar surface area (TPSA) is 32.8 Å². The summed E-state index contributed by atoms with van der Waals surface area (Å²) in [6.45, 7) is 4.50. The Kier molecular flexibility index (Phi) is 5.88. The van der Waals surface area contributed by atoms with Crippen LogP contribution in [0.5, 0.6) is 0 Å². The normalized spacial score (nSPS) is 25.1.